The summed E-state index contributed by atoms with van der Waals surface area (Å²) in [7, 11) is -1.26. The molecular formula is C18H19N5O2S2. The molecule has 4 aromatic rings. The van der Waals surface area contributed by atoms with Crippen molar-refractivity contribution >= 4 is 47.4 Å². The number of benzene rings is 1. The SMILES string of the molecule is Cc1nnc2sc3c(NCc4ccc(S(C)(=O)=O)cc4)nn(C)c3c2c1C. The van der Waals surface area contributed by atoms with Gasteiger partial charge in [0.1, 0.15) is 4.83 Å². The summed E-state index contributed by atoms with van der Waals surface area (Å²) in [5.41, 5.74) is 4.08. The number of aryl methyl sites for hydroxylation is 3. The molecule has 9 heteroatoms. The van der Waals surface area contributed by atoms with E-state index >= 15 is 0 Å². The Morgan fingerprint density at radius 1 is 1.15 bits per heavy atom. The van der Waals surface area contributed by atoms with E-state index in [0.29, 0.717) is 11.4 Å². The summed E-state index contributed by atoms with van der Waals surface area (Å²) in [6.07, 6.45) is 1.21. The summed E-state index contributed by atoms with van der Waals surface area (Å²) < 4.78 is 26.1. The zero-order chi connectivity index (χ0) is 19.3. The molecule has 0 unspecified atom stereocenters. The van der Waals surface area contributed by atoms with Crippen LogP contribution in [0.5, 0.6) is 0 Å². The van der Waals surface area contributed by atoms with Crippen molar-refractivity contribution in [2.24, 2.45) is 7.05 Å². The lowest BCUT2D eigenvalue weighted by atomic mass is 10.1. The molecule has 0 spiro atoms. The predicted octanol–water partition coefficient (Wildman–Crippen LogP) is 3.21. The quantitative estimate of drug-likeness (QED) is 0.565. The molecule has 4 rings (SSSR count). The van der Waals surface area contributed by atoms with E-state index in [1.54, 1.807) is 23.5 Å². The van der Waals surface area contributed by atoms with Crippen LogP contribution in [0.4, 0.5) is 5.82 Å². The van der Waals surface area contributed by atoms with Crippen molar-refractivity contribution in [2.75, 3.05) is 11.6 Å². The second-order valence-corrected chi connectivity index (χ2v) is 9.63. The molecule has 0 radical (unpaired) electrons. The van der Waals surface area contributed by atoms with E-state index in [-0.39, 0.29) is 0 Å². The first-order valence-corrected chi connectivity index (χ1v) is 11.1. The molecule has 0 saturated heterocycles. The number of rotatable bonds is 4. The Bertz CT molecular complexity index is 1270. The van der Waals surface area contributed by atoms with Gasteiger partial charge in [0.25, 0.3) is 0 Å². The molecular weight excluding hydrogens is 382 g/mol. The van der Waals surface area contributed by atoms with E-state index in [4.69, 9.17) is 0 Å². The van der Waals surface area contributed by atoms with Crippen molar-refractivity contribution in [3.8, 4) is 0 Å². The van der Waals surface area contributed by atoms with Crippen molar-refractivity contribution < 1.29 is 8.42 Å². The second kappa shape index (κ2) is 6.28. The molecule has 7 nitrogen and oxygen atoms in total. The topological polar surface area (TPSA) is 89.8 Å². The third-order valence-corrected chi connectivity index (χ3v) is 6.87. The van der Waals surface area contributed by atoms with Gasteiger partial charge < -0.3 is 5.32 Å². The van der Waals surface area contributed by atoms with Crippen LogP contribution in [0.1, 0.15) is 16.8 Å². The normalized spacial score (nSPS) is 12.1. The highest BCUT2D eigenvalue weighted by molar-refractivity contribution is 7.90. The summed E-state index contributed by atoms with van der Waals surface area (Å²) in [6.45, 7) is 4.57. The summed E-state index contributed by atoms with van der Waals surface area (Å²) in [5.74, 6) is 0.791. The molecule has 0 amide bonds. The van der Waals surface area contributed by atoms with E-state index in [2.05, 4.69) is 27.5 Å². The summed E-state index contributed by atoms with van der Waals surface area (Å²) in [5, 5.41) is 17.6. The van der Waals surface area contributed by atoms with Crippen molar-refractivity contribution in [2.45, 2.75) is 25.3 Å². The first kappa shape index (κ1) is 17.9. The third kappa shape index (κ3) is 3.06. The zero-order valence-electron chi connectivity index (χ0n) is 15.4. The molecule has 0 fully saturated rings. The van der Waals surface area contributed by atoms with Gasteiger partial charge in [-0.15, -0.1) is 16.4 Å². The average molecular weight is 402 g/mol. The Morgan fingerprint density at radius 2 is 1.85 bits per heavy atom. The molecule has 0 aliphatic heterocycles. The number of fused-ring (bicyclic) bond motifs is 3. The van der Waals surface area contributed by atoms with Crippen LogP contribution in [0.25, 0.3) is 20.4 Å². The minimum atomic E-state index is -3.18. The van der Waals surface area contributed by atoms with Gasteiger partial charge in [-0.05, 0) is 37.1 Å². The lowest BCUT2D eigenvalue weighted by Gasteiger charge is -2.05. The largest absolute Gasteiger partial charge is 0.363 e. The first-order valence-electron chi connectivity index (χ1n) is 8.37. The molecule has 1 N–H and O–H groups in total. The number of aromatic nitrogens is 4. The number of nitrogens with zero attached hydrogens (tertiary/aromatic N) is 4. The van der Waals surface area contributed by atoms with Crippen LogP contribution < -0.4 is 5.32 Å². The minimum absolute atomic E-state index is 0.320. The Balaban J connectivity index is 1.68. The summed E-state index contributed by atoms with van der Waals surface area (Å²) in [6, 6.07) is 6.88. The van der Waals surface area contributed by atoms with Crippen LogP contribution in [-0.4, -0.2) is 34.7 Å². The molecule has 0 aliphatic carbocycles. The van der Waals surface area contributed by atoms with E-state index in [1.807, 2.05) is 30.8 Å². The number of sulfone groups is 1. The maximum atomic E-state index is 11.6. The maximum Gasteiger partial charge on any atom is 0.175 e. The van der Waals surface area contributed by atoms with Gasteiger partial charge >= 0.3 is 0 Å². The summed E-state index contributed by atoms with van der Waals surface area (Å²) in [4.78, 5) is 1.22. The number of nitrogens with one attached hydrogen (secondary N) is 1. The second-order valence-electron chi connectivity index (χ2n) is 6.61. The smallest absolute Gasteiger partial charge is 0.175 e. The fourth-order valence-corrected chi connectivity index (χ4v) is 4.86. The molecule has 0 saturated carbocycles. The molecule has 3 heterocycles. The van der Waals surface area contributed by atoms with Crippen LogP contribution in [0.15, 0.2) is 29.2 Å². The fourth-order valence-electron chi connectivity index (χ4n) is 3.07. The highest BCUT2D eigenvalue weighted by Crippen LogP contribution is 2.38. The first-order chi connectivity index (χ1) is 12.8. The Morgan fingerprint density at radius 3 is 2.52 bits per heavy atom. The van der Waals surface area contributed by atoms with Gasteiger partial charge in [-0.1, -0.05) is 12.1 Å². The van der Waals surface area contributed by atoms with Gasteiger partial charge in [0, 0.05) is 25.2 Å². The molecule has 3 aromatic heterocycles. The van der Waals surface area contributed by atoms with Crippen LogP contribution in [0.2, 0.25) is 0 Å². The van der Waals surface area contributed by atoms with Crippen LogP contribution >= 0.6 is 11.3 Å². The number of hydrogen-bond acceptors (Lipinski definition) is 7. The zero-order valence-corrected chi connectivity index (χ0v) is 17.1. The molecule has 0 bridgehead atoms. The van der Waals surface area contributed by atoms with Gasteiger partial charge in [0.2, 0.25) is 0 Å². The van der Waals surface area contributed by atoms with Gasteiger partial charge in [-0.3, -0.25) is 4.68 Å². The molecule has 1 aromatic carbocycles. The Kier molecular flexibility index (Phi) is 4.15. The standard InChI is InChI=1S/C18H19N5O2S2/c1-10-11(2)20-21-18-14(10)15-16(26-18)17(22-23(15)3)19-9-12-5-7-13(8-6-12)27(4,24)25/h5-8H,9H2,1-4H3,(H,19,22). The van der Waals surface area contributed by atoms with E-state index in [1.165, 1.54) is 6.26 Å². The van der Waals surface area contributed by atoms with Crippen molar-refractivity contribution in [3.05, 3.63) is 41.1 Å². The molecule has 27 heavy (non-hydrogen) atoms. The number of hydrogen-bond donors (Lipinski definition) is 1. The van der Waals surface area contributed by atoms with Gasteiger partial charge in [-0.2, -0.15) is 10.2 Å². The highest BCUT2D eigenvalue weighted by atomic mass is 32.2. The van der Waals surface area contributed by atoms with Crippen molar-refractivity contribution in [3.63, 3.8) is 0 Å². The van der Waals surface area contributed by atoms with Crippen molar-refractivity contribution in [1.29, 1.82) is 0 Å². The molecule has 140 valence electrons. The molecule has 0 atom stereocenters. The number of anilines is 1. The van der Waals surface area contributed by atoms with E-state index < -0.39 is 9.84 Å². The molecule has 0 aliphatic rings. The van der Waals surface area contributed by atoms with Crippen LogP contribution in [0.3, 0.4) is 0 Å². The third-order valence-electron chi connectivity index (χ3n) is 4.67. The number of thiophene rings is 1. The summed E-state index contributed by atoms with van der Waals surface area (Å²) >= 11 is 1.57. The van der Waals surface area contributed by atoms with Crippen LogP contribution in [-0.2, 0) is 23.4 Å². The minimum Gasteiger partial charge on any atom is -0.363 e. The Labute approximate surface area is 161 Å². The van der Waals surface area contributed by atoms with E-state index in [0.717, 1.165) is 43.1 Å². The lowest BCUT2D eigenvalue weighted by molar-refractivity contribution is 0.602. The van der Waals surface area contributed by atoms with Gasteiger partial charge in [-0.25, -0.2) is 8.42 Å². The van der Waals surface area contributed by atoms with Crippen LogP contribution in [0, 0.1) is 13.8 Å². The van der Waals surface area contributed by atoms with Gasteiger partial charge in [0.15, 0.2) is 15.7 Å². The fraction of sp³-hybridized carbons (Fsp3) is 0.278. The monoisotopic (exact) mass is 401 g/mol. The maximum absolute atomic E-state index is 11.6. The highest BCUT2D eigenvalue weighted by Gasteiger charge is 2.19. The van der Waals surface area contributed by atoms with Crippen molar-refractivity contribution in [1.82, 2.24) is 20.0 Å². The Hall–Kier alpha value is -2.52. The lowest BCUT2D eigenvalue weighted by Crippen LogP contribution is -2.02. The average Bonchev–Trinajstić information content (AvgIpc) is 3.14. The predicted molar refractivity (Wildman–Crippen MR) is 108 cm³/mol. The van der Waals surface area contributed by atoms with E-state index in [9.17, 15) is 8.42 Å². The van der Waals surface area contributed by atoms with Gasteiger partial charge in [0.05, 0.1) is 20.8 Å².